The summed E-state index contributed by atoms with van der Waals surface area (Å²) in [6.07, 6.45) is 1.35. The van der Waals surface area contributed by atoms with Gasteiger partial charge >= 0.3 is 0 Å². The maximum absolute atomic E-state index is 12.9. The molecular formula is C19H23ClN2O4S. The Morgan fingerprint density at radius 2 is 1.93 bits per heavy atom. The molecule has 0 heterocycles. The van der Waals surface area contributed by atoms with Gasteiger partial charge in [-0.25, -0.2) is 8.42 Å². The van der Waals surface area contributed by atoms with Crippen LogP contribution in [0.15, 0.2) is 42.5 Å². The Balaban J connectivity index is 2.43. The number of anilines is 2. The Morgan fingerprint density at radius 3 is 2.48 bits per heavy atom. The molecule has 1 atom stereocenters. The van der Waals surface area contributed by atoms with Gasteiger partial charge in [-0.2, -0.15) is 0 Å². The zero-order valence-electron chi connectivity index (χ0n) is 15.7. The second-order valence-corrected chi connectivity index (χ2v) is 8.37. The standard InChI is InChI=1S/C19H23ClN2O4S/c1-5-17(19(23)21-16-8-6-7-9-18(16)26-3)22(27(4,24)25)14-11-10-13(2)15(20)12-14/h6-12,17H,5H2,1-4H3,(H,21,23)/t17-/m0/s1. The number of aryl methyl sites for hydroxylation is 1. The van der Waals surface area contributed by atoms with E-state index in [2.05, 4.69) is 5.32 Å². The summed E-state index contributed by atoms with van der Waals surface area (Å²) in [6.45, 7) is 3.57. The van der Waals surface area contributed by atoms with E-state index in [-0.39, 0.29) is 6.42 Å². The summed E-state index contributed by atoms with van der Waals surface area (Å²) in [5, 5.41) is 3.19. The molecule has 1 N–H and O–H groups in total. The van der Waals surface area contributed by atoms with Gasteiger partial charge in [0.25, 0.3) is 0 Å². The first-order valence-electron chi connectivity index (χ1n) is 8.38. The number of nitrogens with zero attached hydrogens (tertiary/aromatic N) is 1. The molecule has 0 fully saturated rings. The lowest BCUT2D eigenvalue weighted by Crippen LogP contribution is -2.47. The molecule has 0 saturated carbocycles. The zero-order valence-corrected chi connectivity index (χ0v) is 17.3. The van der Waals surface area contributed by atoms with Crippen molar-refractivity contribution in [2.24, 2.45) is 0 Å². The van der Waals surface area contributed by atoms with Crippen molar-refractivity contribution in [3.05, 3.63) is 53.1 Å². The van der Waals surface area contributed by atoms with E-state index in [1.165, 1.54) is 7.11 Å². The molecule has 146 valence electrons. The van der Waals surface area contributed by atoms with Crippen LogP contribution < -0.4 is 14.4 Å². The number of methoxy groups -OCH3 is 1. The fraction of sp³-hybridized carbons (Fsp3) is 0.316. The van der Waals surface area contributed by atoms with Crippen LogP contribution in [0, 0.1) is 6.92 Å². The maximum atomic E-state index is 12.9. The number of benzene rings is 2. The van der Waals surface area contributed by atoms with Crippen LogP contribution in [0.2, 0.25) is 5.02 Å². The summed E-state index contributed by atoms with van der Waals surface area (Å²) in [7, 11) is -2.23. The molecule has 6 nitrogen and oxygen atoms in total. The van der Waals surface area contributed by atoms with E-state index in [1.807, 2.05) is 6.92 Å². The van der Waals surface area contributed by atoms with Crippen LogP contribution in [-0.2, 0) is 14.8 Å². The number of amides is 1. The fourth-order valence-corrected chi connectivity index (χ4v) is 4.12. The van der Waals surface area contributed by atoms with Crippen molar-refractivity contribution in [3.8, 4) is 5.75 Å². The number of rotatable bonds is 7. The van der Waals surface area contributed by atoms with Gasteiger partial charge in [0.2, 0.25) is 15.9 Å². The van der Waals surface area contributed by atoms with Crippen molar-refractivity contribution in [1.82, 2.24) is 0 Å². The minimum Gasteiger partial charge on any atom is -0.495 e. The van der Waals surface area contributed by atoms with Gasteiger partial charge in [-0.3, -0.25) is 9.10 Å². The highest BCUT2D eigenvalue weighted by atomic mass is 35.5. The van der Waals surface area contributed by atoms with Crippen LogP contribution in [0.4, 0.5) is 11.4 Å². The second kappa shape index (κ2) is 8.63. The van der Waals surface area contributed by atoms with Crippen LogP contribution in [0.1, 0.15) is 18.9 Å². The van der Waals surface area contributed by atoms with Gasteiger partial charge in [-0.1, -0.05) is 36.7 Å². The summed E-state index contributed by atoms with van der Waals surface area (Å²) in [6, 6.07) is 10.9. The first kappa shape index (κ1) is 21.1. The van der Waals surface area contributed by atoms with E-state index in [0.717, 1.165) is 16.1 Å². The predicted octanol–water partition coefficient (Wildman–Crippen LogP) is 3.84. The number of hydrogen-bond acceptors (Lipinski definition) is 4. The highest BCUT2D eigenvalue weighted by Crippen LogP contribution is 2.29. The predicted molar refractivity (Wildman–Crippen MR) is 109 cm³/mol. The Bertz CT molecular complexity index is 931. The van der Waals surface area contributed by atoms with E-state index in [9.17, 15) is 13.2 Å². The molecule has 0 aliphatic carbocycles. The highest BCUT2D eigenvalue weighted by molar-refractivity contribution is 7.92. The second-order valence-electron chi connectivity index (χ2n) is 6.11. The fourth-order valence-electron chi connectivity index (χ4n) is 2.74. The Morgan fingerprint density at radius 1 is 1.26 bits per heavy atom. The Kier molecular flexibility index (Phi) is 6.73. The van der Waals surface area contributed by atoms with Gasteiger partial charge < -0.3 is 10.1 Å². The van der Waals surface area contributed by atoms with E-state index in [4.69, 9.17) is 16.3 Å². The van der Waals surface area contributed by atoms with Crippen LogP contribution in [0.5, 0.6) is 5.75 Å². The van der Waals surface area contributed by atoms with Crippen molar-refractivity contribution in [2.45, 2.75) is 26.3 Å². The third kappa shape index (κ3) is 4.93. The van der Waals surface area contributed by atoms with E-state index in [1.54, 1.807) is 49.4 Å². The van der Waals surface area contributed by atoms with Crippen molar-refractivity contribution >= 4 is 38.9 Å². The first-order chi connectivity index (χ1) is 12.7. The molecule has 8 heteroatoms. The number of carbonyl (C=O) groups excluding carboxylic acids is 1. The van der Waals surface area contributed by atoms with Crippen LogP contribution in [0.25, 0.3) is 0 Å². The molecule has 0 saturated heterocycles. The molecule has 27 heavy (non-hydrogen) atoms. The van der Waals surface area contributed by atoms with E-state index >= 15 is 0 Å². The number of ether oxygens (including phenoxy) is 1. The third-order valence-corrected chi connectivity index (χ3v) is 5.69. The van der Waals surface area contributed by atoms with Gasteiger partial charge in [0, 0.05) is 5.02 Å². The largest absolute Gasteiger partial charge is 0.495 e. The number of para-hydroxylation sites is 2. The summed E-state index contributed by atoms with van der Waals surface area (Å²) in [5.41, 5.74) is 1.63. The molecule has 2 aromatic carbocycles. The first-order valence-corrected chi connectivity index (χ1v) is 10.6. The Labute approximate surface area is 165 Å². The third-order valence-electron chi connectivity index (χ3n) is 4.10. The van der Waals surface area contributed by atoms with Gasteiger partial charge in [0.1, 0.15) is 11.8 Å². The summed E-state index contributed by atoms with van der Waals surface area (Å²) >= 11 is 6.17. The minimum atomic E-state index is -3.73. The van der Waals surface area contributed by atoms with Gasteiger partial charge in [0.05, 0.1) is 24.7 Å². The number of sulfonamides is 1. The molecule has 1 amide bonds. The van der Waals surface area contributed by atoms with Crippen molar-refractivity contribution in [2.75, 3.05) is 23.0 Å². The molecule has 0 bridgehead atoms. The Hall–Kier alpha value is -2.25. The molecule has 0 spiro atoms. The molecule has 0 radical (unpaired) electrons. The molecule has 2 rings (SSSR count). The van der Waals surface area contributed by atoms with E-state index in [0.29, 0.717) is 22.1 Å². The molecule has 0 aromatic heterocycles. The van der Waals surface area contributed by atoms with Crippen molar-refractivity contribution in [1.29, 1.82) is 0 Å². The number of halogens is 1. The molecule has 0 aliphatic heterocycles. The number of carbonyl (C=O) groups is 1. The number of hydrogen-bond donors (Lipinski definition) is 1. The highest BCUT2D eigenvalue weighted by Gasteiger charge is 2.32. The quantitative estimate of drug-likeness (QED) is 0.752. The van der Waals surface area contributed by atoms with Crippen LogP contribution in [0.3, 0.4) is 0 Å². The summed E-state index contributed by atoms with van der Waals surface area (Å²) in [4.78, 5) is 12.9. The summed E-state index contributed by atoms with van der Waals surface area (Å²) < 4.78 is 31.3. The minimum absolute atomic E-state index is 0.277. The molecular weight excluding hydrogens is 388 g/mol. The van der Waals surface area contributed by atoms with E-state index < -0.39 is 22.0 Å². The van der Waals surface area contributed by atoms with Crippen molar-refractivity contribution in [3.63, 3.8) is 0 Å². The lowest BCUT2D eigenvalue weighted by atomic mass is 10.1. The van der Waals surface area contributed by atoms with Gasteiger partial charge in [-0.05, 0) is 43.2 Å². The average molecular weight is 411 g/mol. The zero-order chi connectivity index (χ0) is 20.2. The van der Waals surface area contributed by atoms with Gasteiger partial charge in [0.15, 0.2) is 0 Å². The van der Waals surface area contributed by atoms with Gasteiger partial charge in [-0.15, -0.1) is 0 Å². The topological polar surface area (TPSA) is 75.7 Å². The lowest BCUT2D eigenvalue weighted by molar-refractivity contribution is -0.117. The maximum Gasteiger partial charge on any atom is 0.248 e. The normalized spacial score (nSPS) is 12.3. The monoisotopic (exact) mass is 410 g/mol. The molecule has 0 unspecified atom stereocenters. The number of nitrogens with one attached hydrogen (secondary N) is 1. The molecule has 2 aromatic rings. The smallest absolute Gasteiger partial charge is 0.248 e. The SMILES string of the molecule is CC[C@@H](C(=O)Nc1ccccc1OC)N(c1ccc(C)c(Cl)c1)S(C)(=O)=O. The molecule has 0 aliphatic rings. The average Bonchev–Trinajstić information content (AvgIpc) is 2.61. The van der Waals surface area contributed by atoms with Crippen LogP contribution in [-0.4, -0.2) is 33.7 Å². The lowest BCUT2D eigenvalue weighted by Gasteiger charge is -2.30. The van der Waals surface area contributed by atoms with Crippen molar-refractivity contribution < 1.29 is 17.9 Å². The van der Waals surface area contributed by atoms with Crippen LogP contribution >= 0.6 is 11.6 Å². The summed E-state index contributed by atoms with van der Waals surface area (Å²) in [5.74, 6) is 0.0362.